The minimum absolute atomic E-state index is 0.614. The fourth-order valence-corrected chi connectivity index (χ4v) is 1.34. The zero-order valence-electron chi connectivity index (χ0n) is 7.28. The van der Waals surface area contributed by atoms with Crippen LogP contribution in [0.1, 0.15) is 13.8 Å². The van der Waals surface area contributed by atoms with Crippen LogP contribution >= 0.6 is 8.35 Å². The fourth-order valence-electron chi connectivity index (χ4n) is 0.809. The second kappa shape index (κ2) is 4.94. The lowest BCUT2D eigenvalue weighted by atomic mass is 10.5. The van der Waals surface area contributed by atoms with E-state index in [9.17, 15) is 0 Å². The Hall–Kier alpha value is -0.820. The van der Waals surface area contributed by atoms with Gasteiger partial charge in [-0.05, 0) is 25.7 Å². The van der Waals surface area contributed by atoms with E-state index < -0.39 is 0 Å². The van der Waals surface area contributed by atoms with Crippen LogP contribution in [0.3, 0.4) is 0 Å². The van der Waals surface area contributed by atoms with Crippen LogP contribution in [-0.2, 0) is 0 Å². The molecule has 0 aliphatic carbocycles. The summed E-state index contributed by atoms with van der Waals surface area (Å²) in [5, 5.41) is 0. The van der Waals surface area contributed by atoms with Gasteiger partial charge in [-0.15, -0.1) is 0 Å². The number of nitrogens with zero attached hydrogens (tertiary/aromatic N) is 1. The molecule has 1 aromatic heterocycles. The summed E-state index contributed by atoms with van der Waals surface area (Å²) in [6.45, 7) is 5.14. The first-order valence-electron chi connectivity index (χ1n) is 3.95. The molecule has 0 saturated heterocycles. The quantitative estimate of drug-likeness (QED) is 0.722. The zero-order chi connectivity index (χ0) is 8.81. The standard InChI is InChI=1S/C8H12NO2P/c1-3-10-7-5-6-12-9-8(7)11-4-2/h5-6H,3-4H2,1-2H3. The molecule has 0 spiro atoms. The van der Waals surface area contributed by atoms with Crippen molar-refractivity contribution >= 4 is 8.35 Å². The largest absolute Gasteiger partial charge is 0.488 e. The third kappa shape index (κ3) is 2.35. The van der Waals surface area contributed by atoms with Gasteiger partial charge in [0.25, 0.3) is 5.88 Å². The molecule has 0 atom stereocenters. The van der Waals surface area contributed by atoms with Crippen LogP contribution in [0.5, 0.6) is 11.6 Å². The Morgan fingerprint density at radius 3 is 2.75 bits per heavy atom. The smallest absolute Gasteiger partial charge is 0.261 e. The summed E-state index contributed by atoms with van der Waals surface area (Å²) in [7, 11) is 0.909. The maximum absolute atomic E-state index is 5.32. The normalized spacial score (nSPS) is 10.2. The first-order chi connectivity index (χ1) is 5.88. The molecule has 0 aliphatic heterocycles. The van der Waals surface area contributed by atoms with Gasteiger partial charge < -0.3 is 9.47 Å². The molecule has 1 rings (SSSR count). The summed E-state index contributed by atoms with van der Waals surface area (Å²) in [5.41, 5.74) is 0. The van der Waals surface area contributed by atoms with Crippen LogP contribution in [0.4, 0.5) is 0 Å². The van der Waals surface area contributed by atoms with Crippen molar-refractivity contribution in [1.29, 1.82) is 0 Å². The number of rotatable bonds is 4. The summed E-state index contributed by atoms with van der Waals surface area (Å²) in [5.74, 6) is 3.27. The predicted molar refractivity (Wildman–Crippen MR) is 49.1 cm³/mol. The Labute approximate surface area is 73.9 Å². The third-order valence-corrected chi connectivity index (χ3v) is 1.81. The van der Waals surface area contributed by atoms with E-state index in [1.807, 2.05) is 25.7 Å². The Balaban J connectivity index is 2.77. The molecule has 0 unspecified atom stereocenters. The number of hydrogen-bond acceptors (Lipinski definition) is 3. The minimum Gasteiger partial charge on any atom is -0.488 e. The topological polar surface area (TPSA) is 31.4 Å². The Bertz CT molecular complexity index is 217. The Morgan fingerprint density at radius 2 is 2.08 bits per heavy atom. The summed E-state index contributed by atoms with van der Waals surface area (Å²) in [4.78, 5) is 0. The van der Waals surface area contributed by atoms with Crippen LogP contribution in [-0.4, -0.2) is 18.0 Å². The maximum atomic E-state index is 5.32. The van der Waals surface area contributed by atoms with E-state index >= 15 is 0 Å². The molecular formula is C8H12NO2P. The second-order valence-corrected chi connectivity index (χ2v) is 2.80. The van der Waals surface area contributed by atoms with Gasteiger partial charge >= 0.3 is 0 Å². The number of hydrogen-bond donors (Lipinski definition) is 0. The lowest BCUT2D eigenvalue weighted by molar-refractivity contribution is 0.280. The van der Waals surface area contributed by atoms with E-state index in [2.05, 4.69) is 4.75 Å². The highest BCUT2D eigenvalue weighted by Crippen LogP contribution is 2.26. The van der Waals surface area contributed by atoms with E-state index in [4.69, 9.17) is 9.47 Å². The lowest BCUT2D eigenvalue weighted by Gasteiger charge is -2.07. The van der Waals surface area contributed by atoms with Crippen molar-refractivity contribution in [3.63, 3.8) is 0 Å². The van der Waals surface area contributed by atoms with Gasteiger partial charge in [-0.25, -0.2) is 0 Å². The molecule has 0 aliphatic rings. The van der Waals surface area contributed by atoms with E-state index in [1.54, 1.807) is 0 Å². The van der Waals surface area contributed by atoms with Crippen molar-refractivity contribution in [2.45, 2.75) is 13.8 Å². The monoisotopic (exact) mass is 185 g/mol. The summed E-state index contributed by atoms with van der Waals surface area (Å²) in [6.07, 6.45) is 0. The zero-order valence-corrected chi connectivity index (χ0v) is 8.17. The number of aromatic nitrogens is 1. The molecule has 0 bridgehead atoms. The van der Waals surface area contributed by atoms with Gasteiger partial charge in [-0.3, -0.25) is 0 Å². The second-order valence-electron chi connectivity index (χ2n) is 2.07. The SMILES string of the molecule is CCOc1ccpnc1OCC. The highest BCUT2D eigenvalue weighted by Gasteiger charge is 2.03. The lowest BCUT2D eigenvalue weighted by Crippen LogP contribution is -1.98. The highest BCUT2D eigenvalue weighted by atomic mass is 31.0. The first-order valence-corrected chi connectivity index (χ1v) is 4.87. The Morgan fingerprint density at radius 1 is 1.33 bits per heavy atom. The molecule has 12 heavy (non-hydrogen) atoms. The van der Waals surface area contributed by atoms with Crippen molar-refractivity contribution in [3.05, 3.63) is 11.9 Å². The van der Waals surface area contributed by atoms with Crippen LogP contribution in [0.15, 0.2) is 11.9 Å². The predicted octanol–water partition coefficient (Wildman–Crippen LogP) is 2.46. The van der Waals surface area contributed by atoms with E-state index in [0.29, 0.717) is 19.1 Å². The summed E-state index contributed by atoms with van der Waals surface area (Å²) < 4.78 is 14.7. The molecule has 1 heterocycles. The van der Waals surface area contributed by atoms with Gasteiger partial charge in [0.15, 0.2) is 5.75 Å². The van der Waals surface area contributed by atoms with E-state index in [0.717, 1.165) is 14.1 Å². The van der Waals surface area contributed by atoms with Crippen molar-refractivity contribution in [1.82, 2.24) is 4.75 Å². The molecule has 1 aromatic rings. The molecule has 0 saturated carbocycles. The average Bonchev–Trinajstić information content (AvgIpc) is 2.09. The summed E-state index contributed by atoms with van der Waals surface area (Å²) >= 11 is 0. The average molecular weight is 185 g/mol. The van der Waals surface area contributed by atoms with Gasteiger partial charge in [0.05, 0.1) is 13.2 Å². The minimum atomic E-state index is 0.614. The Kier molecular flexibility index (Phi) is 3.81. The van der Waals surface area contributed by atoms with Gasteiger partial charge in [-0.2, -0.15) is 4.75 Å². The van der Waals surface area contributed by atoms with E-state index in [-0.39, 0.29) is 0 Å². The van der Waals surface area contributed by atoms with Crippen LogP contribution in [0.2, 0.25) is 0 Å². The van der Waals surface area contributed by atoms with Crippen LogP contribution < -0.4 is 9.47 Å². The maximum Gasteiger partial charge on any atom is 0.261 e. The van der Waals surface area contributed by atoms with Crippen molar-refractivity contribution in [2.75, 3.05) is 13.2 Å². The molecule has 4 heteroatoms. The highest BCUT2D eigenvalue weighted by molar-refractivity contribution is 7.24. The van der Waals surface area contributed by atoms with Gasteiger partial charge in [-0.1, -0.05) is 0 Å². The molecule has 3 nitrogen and oxygen atoms in total. The van der Waals surface area contributed by atoms with Gasteiger partial charge in [0.2, 0.25) is 0 Å². The van der Waals surface area contributed by atoms with Gasteiger partial charge in [0.1, 0.15) is 0 Å². The molecular weight excluding hydrogens is 173 g/mol. The first kappa shape index (κ1) is 9.27. The molecule has 0 radical (unpaired) electrons. The van der Waals surface area contributed by atoms with Crippen molar-refractivity contribution < 1.29 is 9.47 Å². The van der Waals surface area contributed by atoms with Crippen molar-refractivity contribution in [3.8, 4) is 11.6 Å². The van der Waals surface area contributed by atoms with Crippen LogP contribution in [0, 0.1) is 0 Å². The van der Waals surface area contributed by atoms with Crippen molar-refractivity contribution in [2.24, 2.45) is 0 Å². The molecule has 66 valence electrons. The van der Waals surface area contributed by atoms with Gasteiger partial charge in [0, 0.05) is 8.35 Å². The molecule has 0 fully saturated rings. The number of ether oxygens (including phenoxy) is 2. The molecule has 0 aromatic carbocycles. The summed E-state index contributed by atoms with van der Waals surface area (Å²) in [6, 6.07) is 1.89. The fraction of sp³-hybridized carbons (Fsp3) is 0.500. The van der Waals surface area contributed by atoms with E-state index in [1.165, 1.54) is 0 Å². The third-order valence-electron chi connectivity index (χ3n) is 1.23. The molecule has 0 N–H and O–H groups in total. The molecule has 0 amide bonds. The van der Waals surface area contributed by atoms with Crippen LogP contribution in [0.25, 0.3) is 0 Å².